The van der Waals surface area contributed by atoms with Gasteiger partial charge in [0.05, 0.1) is 12.8 Å². The van der Waals surface area contributed by atoms with Crippen LogP contribution < -0.4 is 15.0 Å². The number of benzene rings is 1. The van der Waals surface area contributed by atoms with Gasteiger partial charge in [-0.05, 0) is 18.6 Å². The molecule has 2 fully saturated rings. The number of rotatable bonds is 3. The average Bonchev–Trinajstić information content (AvgIpc) is 3.01. The lowest BCUT2D eigenvalue weighted by Gasteiger charge is -2.37. The van der Waals surface area contributed by atoms with Crippen LogP contribution in [0.5, 0.6) is 5.75 Å². The maximum absolute atomic E-state index is 12.4. The van der Waals surface area contributed by atoms with Crippen molar-refractivity contribution >= 4 is 17.5 Å². The van der Waals surface area contributed by atoms with Gasteiger partial charge in [0.2, 0.25) is 11.8 Å². The van der Waals surface area contributed by atoms with Gasteiger partial charge in [-0.15, -0.1) is 0 Å². The Bertz CT molecular complexity index is 568. The predicted molar refractivity (Wildman–Crippen MR) is 83.0 cm³/mol. The average molecular weight is 303 g/mol. The molecule has 0 aromatic heterocycles. The molecular formula is C16H21N3O3. The fraction of sp³-hybridized carbons (Fsp3) is 0.500. The molecule has 6 heteroatoms. The van der Waals surface area contributed by atoms with E-state index in [1.807, 2.05) is 29.2 Å². The van der Waals surface area contributed by atoms with E-state index in [-0.39, 0.29) is 17.9 Å². The lowest BCUT2D eigenvalue weighted by Crippen LogP contribution is -2.53. The number of nitrogens with zero attached hydrogens (tertiary/aromatic N) is 2. The molecule has 118 valence electrons. The van der Waals surface area contributed by atoms with Gasteiger partial charge < -0.3 is 19.9 Å². The van der Waals surface area contributed by atoms with Crippen LogP contribution in [0.3, 0.4) is 0 Å². The second-order valence-corrected chi connectivity index (χ2v) is 5.64. The van der Waals surface area contributed by atoms with Gasteiger partial charge in [0.15, 0.2) is 0 Å². The van der Waals surface area contributed by atoms with Crippen molar-refractivity contribution in [2.45, 2.75) is 18.9 Å². The Kier molecular flexibility index (Phi) is 4.18. The van der Waals surface area contributed by atoms with Crippen molar-refractivity contribution in [3.8, 4) is 5.75 Å². The molecule has 6 nitrogen and oxygen atoms in total. The van der Waals surface area contributed by atoms with Gasteiger partial charge in [0.1, 0.15) is 11.8 Å². The number of carbonyl (C=O) groups excluding carboxylic acids is 2. The number of ether oxygens (including phenoxy) is 1. The molecule has 0 bridgehead atoms. The normalized spacial score (nSPS) is 21.7. The highest BCUT2D eigenvalue weighted by Crippen LogP contribution is 2.28. The van der Waals surface area contributed by atoms with Crippen molar-refractivity contribution in [1.29, 1.82) is 0 Å². The van der Waals surface area contributed by atoms with E-state index in [0.29, 0.717) is 25.9 Å². The topological polar surface area (TPSA) is 61.9 Å². The van der Waals surface area contributed by atoms with Crippen LogP contribution in [0.1, 0.15) is 12.8 Å². The lowest BCUT2D eigenvalue weighted by atomic mass is 10.1. The number of hydrogen-bond acceptors (Lipinski definition) is 4. The summed E-state index contributed by atoms with van der Waals surface area (Å²) in [5.74, 6) is 0.877. The van der Waals surface area contributed by atoms with E-state index in [0.717, 1.165) is 24.5 Å². The Balaban J connectivity index is 1.60. The van der Waals surface area contributed by atoms with Crippen LogP contribution in [0.2, 0.25) is 0 Å². The van der Waals surface area contributed by atoms with E-state index in [1.54, 1.807) is 7.11 Å². The maximum atomic E-state index is 12.4. The van der Waals surface area contributed by atoms with Crippen LogP contribution in [0, 0.1) is 0 Å². The fourth-order valence-electron chi connectivity index (χ4n) is 3.08. The molecule has 1 aromatic rings. The van der Waals surface area contributed by atoms with E-state index in [1.165, 1.54) is 0 Å². The summed E-state index contributed by atoms with van der Waals surface area (Å²) in [6.07, 6.45) is 1.07. The summed E-state index contributed by atoms with van der Waals surface area (Å²) in [6, 6.07) is 7.59. The van der Waals surface area contributed by atoms with Gasteiger partial charge in [-0.25, -0.2) is 0 Å². The van der Waals surface area contributed by atoms with Gasteiger partial charge in [-0.1, -0.05) is 12.1 Å². The van der Waals surface area contributed by atoms with Crippen LogP contribution in [0.25, 0.3) is 0 Å². The first kappa shape index (κ1) is 14.7. The molecule has 1 atom stereocenters. The van der Waals surface area contributed by atoms with Crippen LogP contribution in [-0.2, 0) is 9.59 Å². The van der Waals surface area contributed by atoms with E-state index in [4.69, 9.17) is 4.74 Å². The minimum Gasteiger partial charge on any atom is -0.495 e. The third kappa shape index (κ3) is 2.86. The number of piperazine rings is 1. The van der Waals surface area contributed by atoms with Gasteiger partial charge in [-0.3, -0.25) is 9.59 Å². The molecule has 0 radical (unpaired) electrons. The Labute approximate surface area is 130 Å². The quantitative estimate of drug-likeness (QED) is 0.889. The monoisotopic (exact) mass is 303 g/mol. The number of anilines is 1. The van der Waals surface area contributed by atoms with Crippen LogP contribution in [0.15, 0.2) is 24.3 Å². The van der Waals surface area contributed by atoms with E-state index >= 15 is 0 Å². The Morgan fingerprint density at radius 3 is 2.59 bits per heavy atom. The number of para-hydroxylation sites is 2. The van der Waals surface area contributed by atoms with Gasteiger partial charge in [-0.2, -0.15) is 0 Å². The highest BCUT2D eigenvalue weighted by atomic mass is 16.5. The number of hydrogen-bond donors (Lipinski definition) is 1. The van der Waals surface area contributed by atoms with Gasteiger partial charge in [0, 0.05) is 32.6 Å². The minimum atomic E-state index is -0.328. The van der Waals surface area contributed by atoms with Gasteiger partial charge in [0.25, 0.3) is 0 Å². The van der Waals surface area contributed by atoms with E-state index < -0.39 is 0 Å². The molecule has 3 rings (SSSR count). The zero-order valence-corrected chi connectivity index (χ0v) is 12.7. The zero-order chi connectivity index (χ0) is 15.5. The molecular weight excluding hydrogens is 282 g/mol. The Morgan fingerprint density at radius 2 is 1.95 bits per heavy atom. The largest absolute Gasteiger partial charge is 0.495 e. The lowest BCUT2D eigenvalue weighted by molar-refractivity contribution is -0.134. The van der Waals surface area contributed by atoms with Crippen molar-refractivity contribution in [2.24, 2.45) is 0 Å². The predicted octanol–water partition coefficient (Wildman–Crippen LogP) is 0.622. The second-order valence-electron chi connectivity index (χ2n) is 5.64. The Morgan fingerprint density at radius 1 is 1.23 bits per heavy atom. The van der Waals surface area contributed by atoms with Gasteiger partial charge >= 0.3 is 0 Å². The molecule has 1 unspecified atom stereocenters. The highest BCUT2D eigenvalue weighted by molar-refractivity contribution is 5.91. The summed E-state index contributed by atoms with van der Waals surface area (Å²) in [4.78, 5) is 27.7. The minimum absolute atomic E-state index is 0.0222. The highest BCUT2D eigenvalue weighted by Gasteiger charge is 2.32. The number of methoxy groups -OCH3 is 1. The first-order valence-electron chi connectivity index (χ1n) is 7.65. The molecule has 0 saturated carbocycles. The van der Waals surface area contributed by atoms with Crippen molar-refractivity contribution in [2.75, 3.05) is 38.2 Å². The first-order valence-corrected chi connectivity index (χ1v) is 7.65. The molecule has 1 aromatic carbocycles. The number of carbonyl (C=O) groups is 2. The van der Waals surface area contributed by atoms with Crippen LogP contribution in [0.4, 0.5) is 5.69 Å². The molecule has 22 heavy (non-hydrogen) atoms. The van der Waals surface area contributed by atoms with E-state index in [2.05, 4.69) is 10.2 Å². The molecule has 0 aliphatic carbocycles. The summed E-state index contributed by atoms with van der Waals surface area (Å²) in [7, 11) is 1.67. The third-order valence-electron chi connectivity index (χ3n) is 4.31. The van der Waals surface area contributed by atoms with Crippen LogP contribution in [-0.4, -0.2) is 56.0 Å². The molecule has 2 saturated heterocycles. The SMILES string of the molecule is COc1ccccc1N1CCN(C(=O)C2CCC(=O)N2)CC1. The zero-order valence-electron chi connectivity index (χ0n) is 12.7. The van der Waals surface area contributed by atoms with Crippen molar-refractivity contribution < 1.29 is 14.3 Å². The molecule has 2 aliphatic rings. The van der Waals surface area contributed by atoms with E-state index in [9.17, 15) is 9.59 Å². The van der Waals surface area contributed by atoms with Crippen molar-refractivity contribution in [3.63, 3.8) is 0 Å². The summed E-state index contributed by atoms with van der Waals surface area (Å²) in [5.41, 5.74) is 1.06. The summed E-state index contributed by atoms with van der Waals surface area (Å²) in [6.45, 7) is 2.88. The summed E-state index contributed by atoms with van der Waals surface area (Å²) in [5, 5.41) is 2.75. The second kappa shape index (κ2) is 6.25. The molecule has 2 heterocycles. The Hall–Kier alpha value is -2.24. The number of amides is 2. The fourth-order valence-corrected chi connectivity index (χ4v) is 3.08. The third-order valence-corrected chi connectivity index (χ3v) is 4.31. The standard InChI is InChI=1S/C16H21N3O3/c1-22-14-5-3-2-4-13(14)18-8-10-19(11-9-18)16(21)12-6-7-15(20)17-12/h2-5,12H,6-11H2,1H3,(H,17,20). The molecule has 1 N–H and O–H groups in total. The van der Waals surface area contributed by atoms with Crippen molar-refractivity contribution in [1.82, 2.24) is 10.2 Å². The smallest absolute Gasteiger partial charge is 0.245 e. The molecule has 2 aliphatic heterocycles. The molecule has 0 spiro atoms. The van der Waals surface area contributed by atoms with Crippen LogP contribution >= 0.6 is 0 Å². The summed E-state index contributed by atoms with van der Waals surface area (Å²) < 4.78 is 5.40. The first-order chi connectivity index (χ1) is 10.7. The summed E-state index contributed by atoms with van der Waals surface area (Å²) >= 11 is 0. The maximum Gasteiger partial charge on any atom is 0.245 e. The van der Waals surface area contributed by atoms with Crippen molar-refractivity contribution in [3.05, 3.63) is 24.3 Å². The number of nitrogens with one attached hydrogen (secondary N) is 1. The molecule has 2 amide bonds.